The second kappa shape index (κ2) is 7.74. The molecule has 0 fully saturated rings. The minimum absolute atomic E-state index is 0.0698. The van der Waals surface area contributed by atoms with Crippen LogP contribution in [0.15, 0.2) is 54.6 Å². The Morgan fingerprint density at radius 3 is 2.70 bits per heavy atom. The van der Waals surface area contributed by atoms with Gasteiger partial charge in [0.05, 0.1) is 4.92 Å². The highest BCUT2D eigenvalue weighted by atomic mass is 16.6. The molecule has 6 nitrogen and oxygen atoms in total. The average molecular weight is 312 g/mol. The smallest absolute Gasteiger partial charge is 0.412 e. The van der Waals surface area contributed by atoms with Crippen LogP contribution in [0.1, 0.15) is 11.1 Å². The summed E-state index contributed by atoms with van der Waals surface area (Å²) in [4.78, 5) is 22.1. The molecular formula is C17H16N2O4. The standard InChI is InChI=1S/C17H16N2O4/c1-13-9-10-15(16(12-13)19(21)22)18-17(20)23-11-5-8-14-6-3-2-4-7-14/h2-10,12H,11H2,1H3,(H,18,20)/b8-5+. The van der Waals surface area contributed by atoms with Crippen molar-refractivity contribution in [3.63, 3.8) is 0 Å². The van der Waals surface area contributed by atoms with Crippen molar-refractivity contribution in [1.82, 2.24) is 0 Å². The molecule has 1 amide bonds. The average Bonchev–Trinajstić information content (AvgIpc) is 2.54. The molecule has 0 bridgehead atoms. The summed E-state index contributed by atoms with van der Waals surface area (Å²) in [6.45, 7) is 1.81. The van der Waals surface area contributed by atoms with Crippen LogP contribution >= 0.6 is 0 Å². The summed E-state index contributed by atoms with van der Waals surface area (Å²) in [5.41, 5.74) is 1.67. The highest BCUT2D eigenvalue weighted by molar-refractivity contribution is 5.88. The van der Waals surface area contributed by atoms with Gasteiger partial charge in [-0.05, 0) is 30.2 Å². The van der Waals surface area contributed by atoms with Crippen LogP contribution in [-0.4, -0.2) is 17.6 Å². The summed E-state index contributed by atoms with van der Waals surface area (Å²) in [5, 5.41) is 13.4. The van der Waals surface area contributed by atoms with Crippen LogP contribution < -0.4 is 5.32 Å². The first-order valence-corrected chi connectivity index (χ1v) is 6.96. The predicted octanol–water partition coefficient (Wildman–Crippen LogP) is 4.17. The Morgan fingerprint density at radius 2 is 2.00 bits per heavy atom. The summed E-state index contributed by atoms with van der Waals surface area (Å²) >= 11 is 0. The van der Waals surface area contributed by atoms with E-state index in [2.05, 4.69) is 5.32 Å². The normalized spacial score (nSPS) is 10.5. The SMILES string of the molecule is Cc1ccc(NC(=O)OC/C=C/c2ccccc2)c([N+](=O)[O-])c1. The molecule has 2 aromatic rings. The van der Waals surface area contributed by atoms with Crippen LogP contribution in [0.5, 0.6) is 0 Å². The fraction of sp³-hybridized carbons (Fsp3) is 0.118. The number of nitrogens with one attached hydrogen (secondary N) is 1. The third kappa shape index (κ3) is 4.96. The zero-order valence-electron chi connectivity index (χ0n) is 12.6. The van der Waals surface area contributed by atoms with E-state index in [1.54, 1.807) is 19.1 Å². The molecule has 1 N–H and O–H groups in total. The molecule has 23 heavy (non-hydrogen) atoms. The lowest BCUT2D eigenvalue weighted by Crippen LogP contribution is -2.14. The van der Waals surface area contributed by atoms with Gasteiger partial charge in [-0.1, -0.05) is 42.5 Å². The van der Waals surface area contributed by atoms with Crippen LogP contribution in [0.25, 0.3) is 6.08 Å². The van der Waals surface area contributed by atoms with Crippen LogP contribution in [0, 0.1) is 17.0 Å². The summed E-state index contributed by atoms with van der Waals surface area (Å²) in [6.07, 6.45) is 2.77. The molecule has 0 aliphatic heterocycles. The number of anilines is 1. The molecule has 0 saturated heterocycles. The van der Waals surface area contributed by atoms with E-state index < -0.39 is 11.0 Å². The molecule has 0 unspecified atom stereocenters. The number of nitrogens with zero attached hydrogens (tertiary/aromatic N) is 1. The molecule has 0 spiro atoms. The molecular weight excluding hydrogens is 296 g/mol. The number of hydrogen-bond acceptors (Lipinski definition) is 4. The Morgan fingerprint density at radius 1 is 1.26 bits per heavy atom. The fourth-order valence-electron chi connectivity index (χ4n) is 1.92. The molecule has 6 heteroatoms. The maximum Gasteiger partial charge on any atom is 0.412 e. The Hall–Kier alpha value is -3.15. The predicted molar refractivity (Wildman–Crippen MR) is 88.3 cm³/mol. The van der Waals surface area contributed by atoms with E-state index in [0.29, 0.717) is 0 Å². The van der Waals surface area contributed by atoms with Gasteiger partial charge in [-0.25, -0.2) is 4.79 Å². The molecule has 2 aromatic carbocycles. The van der Waals surface area contributed by atoms with E-state index in [1.165, 1.54) is 12.1 Å². The van der Waals surface area contributed by atoms with Crippen molar-refractivity contribution in [3.05, 3.63) is 75.8 Å². The van der Waals surface area contributed by atoms with Gasteiger partial charge >= 0.3 is 6.09 Å². The zero-order valence-corrected chi connectivity index (χ0v) is 12.6. The van der Waals surface area contributed by atoms with Gasteiger partial charge in [0.1, 0.15) is 12.3 Å². The van der Waals surface area contributed by atoms with Crippen molar-refractivity contribution in [2.24, 2.45) is 0 Å². The van der Waals surface area contributed by atoms with Gasteiger partial charge in [0, 0.05) is 6.07 Å². The Bertz CT molecular complexity index is 727. The minimum atomic E-state index is -0.741. The number of ether oxygens (including phenoxy) is 1. The number of nitro groups is 1. The third-order valence-electron chi connectivity index (χ3n) is 3.01. The monoisotopic (exact) mass is 312 g/mol. The molecule has 0 aromatic heterocycles. The van der Waals surface area contributed by atoms with Gasteiger partial charge in [-0.15, -0.1) is 0 Å². The van der Waals surface area contributed by atoms with Crippen molar-refractivity contribution < 1.29 is 14.5 Å². The molecule has 0 aliphatic carbocycles. The number of hydrogen-bond donors (Lipinski definition) is 1. The summed E-state index contributed by atoms with van der Waals surface area (Å²) in [5.74, 6) is 0. The number of aryl methyl sites for hydroxylation is 1. The quantitative estimate of drug-likeness (QED) is 0.663. The van der Waals surface area contributed by atoms with E-state index in [4.69, 9.17) is 4.74 Å². The van der Waals surface area contributed by atoms with Gasteiger partial charge in [0.25, 0.3) is 5.69 Å². The highest BCUT2D eigenvalue weighted by Gasteiger charge is 2.16. The minimum Gasteiger partial charge on any atom is -0.445 e. The lowest BCUT2D eigenvalue weighted by molar-refractivity contribution is -0.384. The van der Waals surface area contributed by atoms with Crippen LogP contribution in [0.3, 0.4) is 0 Å². The fourth-order valence-corrected chi connectivity index (χ4v) is 1.92. The van der Waals surface area contributed by atoms with E-state index >= 15 is 0 Å². The Kier molecular flexibility index (Phi) is 5.46. The van der Waals surface area contributed by atoms with Crippen molar-refractivity contribution in [3.8, 4) is 0 Å². The number of nitro benzene ring substituents is 1. The number of amides is 1. The molecule has 0 radical (unpaired) electrons. The van der Waals surface area contributed by atoms with Gasteiger partial charge in [-0.2, -0.15) is 0 Å². The van der Waals surface area contributed by atoms with E-state index in [9.17, 15) is 14.9 Å². The molecule has 0 atom stereocenters. The summed E-state index contributed by atoms with van der Waals surface area (Å²) in [7, 11) is 0. The summed E-state index contributed by atoms with van der Waals surface area (Å²) < 4.78 is 4.97. The number of carbonyl (C=O) groups excluding carboxylic acids is 1. The summed E-state index contributed by atoms with van der Waals surface area (Å²) in [6, 6.07) is 14.1. The first-order chi connectivity index (χ1) is 11.1. The first kappa shape index (κ1) is 16.2. The Balaban J connectivity index is 1.90. The lowest BCUT2D eigenvalue weighted by atomic mass is 10.2. The van der Waals surface area contributed by atoms with E-state index in [-0.39, 0.29) is 18.0 Å². The van der Waals surface area contributed by atoms with Gasteiger partial charge in [-0.3, -0.25) is 15.4 Å². The molecule has 118 valence electrons. The second-order valence-corrected chi connectivity index (χ2v) is 4.81. The topological polar surface area (TPSA) is 81.5 Å². The van der Waals surface area contributed by atoms with Crippen molar-refractivity contribution in [2.45, 2.75) is 6.92 Å². The number of carbonyl (C=O) groups is 1. The van der Waals surface area contributed by atoms with Gasteiger partial charge in [0.2, 0.25) is 0 Å². The Labute approximate surface area is 133 Å². The molecule has 0 saturated carbocycles. The van der Waals surface area contributed by atoms with Crippen LogP contribution in [-0.2, 0) is 4.74 Å². The zero-order chi connectivity index (χ0) is 16.7. The van der Waals surface area contributed by atoms with Crippen molar-refractivity contribution in [2.75, 3.05) is 11.9 Å². The maximum atomic E-state index is 11.7. The first-order valence-electron chi connectivity index (χ1n) is 6.96. The second-order valence-electron chi connectivity index (χ2n) is 4.81. The van der Waals surface area contributed by atoms with E-state index in [1.807, 2.05) is 36.4 Å². The molecule has 0 heterocycles. The van der Waals surface area contributed by atoms with Crippen LogP contribution in [0.2, 0.25) is 0 Å². The maximum absolute atomic E-state index is 11.7. The van der Waals surface area contributed by atoms with Gasteiger partial charge in [0.15, 0.2) is 0 Å². The third-order valence-corrected chi connectivity index (χ3v) is 3.01. The largest absolute Gasteiger partial charge is 0.445 e. The van der Waals surface area contributed by atoms with Gasteiger partial charge < -0.3 is 4.74 Å². The van der Waals surface area contributed by atoms with Crippen LogP contribution in [0.4, 0.5) is 16.2 Å². The van der Waals surface area contributed by atoms with E-state index in [0.717, 1.165) is 11.1 Å². The molecule has 2 rings (SSSR count). The molecule has 0 aliphatic rings. The van der Waals surface area contributed by atoms with Crippen molar-refractivity contribution in [1.29, 1.82) is 0 Å². The number of rotatable bonds is 5. The van der Waals surface area contributed by atoms with Crippen molar-refractivity contribution >= 4 is 23.5 Å². The highest BCUT2D eigenvalue weighted by Crippen LogP contribution is 2.25. The number of benzene rings is 2. The lowest BCUT2D eigenvalue weighted by Gasteiger charge is -2.06.